The highest BCUT2D eigenvalue weighted by atomic mass is 19.4. The Labute approximate surface area is 144 Å². The molecule has 0 spiro atoms. The lowest BCUT2D eigenvalue weighted by atomic mass is 10.2. The topological polar surface area (TPSA) is 82.5 Å². The third kappa shape index (κ3) is 2.79. The second-order valence-corrected chi connectivity index (χ2v) is 5.62. The highest BCUT2D eigenvalue weighted by Gasteiger charge is 2.32. The molecule has 0 N–H and O–H groups in total. The summed E-state index contributed by atoms with van der Waals surface area (Å²) in [6, 6.07) is 5.86. The summed E-state index contributed by atoms with van der Waals surface area (Å²) in [6.45, 7) is 1.95. The Morgan fingerprint density at radius 3 is 2.62 bits per heavy atom. The third-order valence-corrected chi connectivity index (χ3v) is 3.82. The number of hydrogen-bond acceptors (Lipinski definition) is 6. The summed E-state index contributed by atoms with van der Waals surface area (Å²) in [4.78, 5) is 12.3. The van der Waals surface area contributed by atoms with Crippen LogP contribution < -0.4 is 0 Å². The maximum Gasteiger partial charge on any atom is 0.433 e. The zero-order valence-electron chi connectivity index (χ0n) is 13.4. The Morgan fingerprint density at radius 1 is 1.12 bits per heavy atom. The van der Waals surface area contributed by atoms with Crippen molar-refractivity contribution < 1.29 is 17.8 Å². The maximum atomic E-state index is 12.7. The molecule has 0 radical (unpaired) electrons. The number of rotatable bonds is 3. The van der Waals surface area contributed by atoms with E-state index >= 15 is 0 Å². The van der Waals surface area contributed by atoms with Crippen molar-refractivity contribution in [3.05, 3.63) is 53.6 Å². The number of pyridine rings is 2. The minimum atomic E-state index is -4.48. The first-order chi connectivity index (χ1) is 12.4. The smallest absolute Gasteiger partial charge is 0.303 e. The molecule has 0 saturated heterocycles. The van der Waals surface area contributed by atoms with E-state index in [1.165, 1.54) is 12.3 Å². The molecule has 10 heteroatoms. The lowest BCUT2D eigenvalue weighted by molar-refractivity contribution is -0.141. The van der Waals surface area contributed by atoms with Gasteiger partial charge in [-0.15, -0.1) is 0 Å². The van der Waals surface area contributed by atoms with E-state index < -0.39 is 11.9 Å². The van der Waals surface area contributed by atoms with Crippen molar-refractivity contribution in [1.29, 1.82) is 0 Å². The fraction of sp³-hybridized carbons (Fsp3) is 0.188. The summed E-state index contributed by atoms with van der Waals surface area (Å²) in [7, 11) is 0. The standard InChI is InChI=1S/C16H11F3N6O/c1-9-13(24-26-23-9)15-22-11-3-2-6-20-14(11)25(15)8-10-4-5-12(21-7-10)16(17,18)19/h2-7H,8H2,1H3. The zero-order valence-corrected chi connectivity index (χ0v) is 13.4. The van der Waals surface area contributed by atoms with Crippen LogP contribution in [0, 0.1) is 6.92 Å². The van der Waals surface area contributed by atoms with Gasteiger partial charge in [-0.1, -0.05) is 11.2 Å². The van der Waals surface area contributed by atoms with E-state index in [9.17, 15) is 13.2 Å². The van der Waals surface area contributed by atoms with Crippen molar-refractivity contribution in [1.82, 2.24) is 29.8 Å². The average Bonchev–Trinajstić information content (AvgIpc) is 3.18. The normalized spacial score (nSPS) is 12.0. The Hall–Kier alpha value is -3.30. The monoisotopic (exact) mass is 360 g/mol. The Kier molecular flexibility index (Phi) is 3.67. The first-order valence-corrected chi connectivity index (χ1v) is 7.56. The van der Waals surface area contributed by atoms with Gasteiger partial charge in [0, 0.05) is 12.4 Å². The predicted molar refractivity (Wildman–Crippen MR) is 83.9 cm³/mol. The second-order valence-electron chi connectivity index (χ2n) is 5.62. The van der Waals surface area contributed by atoms with Gasteiger partial charge in [-0.05, 0) is 35.8 Å². The van der Waals surface area contributed by atoms with Gasteiger partial charge in [-0.25, -0.2) is 14.6 Å². The highest BCUT2D eigenvalue weighted by molar-refractivity contribution is 5.76. The van der Waals surface area contributed by atoms with E-state index in [0.717, 1.165) is 6.07 Å². The molecule has 4 aromatic rings. The van der Waals surface area contributed by atoms with Gasteiger partial charge in [0.2, 0.25) is 0 Å². The molecule has 132 valence electrons. The van der Waals surface area contributed by atoms with Crippen LogP contribution in [0.5, 0.6) is 0 Å². The molecule has 4 heterocycles. The van der Waals surface area contributed by atoms with Crippen LogP contribution in [-0.2, 0) is 12.7 Å². The molecule has 0 aliphatic carbocycles. The molecule has 7 nitrogen and oxygen atoms in total. The molecule has 0 aliphatic heterocycles. The molecule has 0 bridgehead atoms. The summed E-state index contributed by atoms with van der Waals surface area (Å²) in [6.07, 6.45) is -1.67. The number of imidazole rings is 1. The molecule has 0 unspecified atom stereocenters. The fourth-order valence-electron chi connectivity index (χ4n) is 2.59. The number of fused-ring (bicyclic) bond motifs is 1. The number of nitrogens with zero attached hydrogens (tertiary/aromatic N) is 6. The van der Waals surface area contributed by atoms with Gasteiger partial charge in [-0.3, -0.25) is 4.98 Å². The Balaban J connectivity index is 1.79. The van der Waals surface area contributed by atoms with Gasteiger partial charge in [0.25, 0.3) is 0 Å². The van der Waals surface area contributed by atoms with Crippen LogP contribution in [0.25, 0.3) is 22.7 Å². The summed E-state index contributed by atoms with van der Waals surface area (Å²) < 4.78 is 44.5. The van der Waals surface area contributed by atoms with Gasteiger partial charge in [0.05, 0.1) is 6.54 Å². The summed E-state index contributed by atoms with van der Waals surface area (Å²) in [5, 5.41) is 7.62. The van der Waals surface area contributed by atoms with E-state index in [2.05, 4.69) is 25.3 Å². The van der Waals surface area contributed by atoms with E-state index in [4.69, 9.17) is 4.63 Å². The number of alkyl halides is 3. The SMILES string of the molecule is Cc1nonc1-c1nc2cccnc2n1Cc1ccc(C(F)(F)F)nc1. The van der Waals surface area contributed by atoms with Crippen LogP contribution in [0.4, 0.5) is 13.2 Å². The summed E-state index contributed by atoms with van der Waals surface area (Å²) >= 11 is 0. The van der Waals surface area contributed by atoms with E-state index in [1.807, 2.05) is 0 Å². The van der Waals surface area contributed by atoms with Crippen LogP contribution in [-0.4, -0.2) is 29.8 Å². The zero-order chi connectivity index (χ0) is 18.3. The van der Waals surface area contributed by atoms with Crippen LogP contribution in [0.3, 0.4) is 0 Å². The number of hydrogen-bond donors (Lipinski definition) is 0. The lowest BCUT2D eigenvalue weighted by Gasteiger charge is -2.09. The highest BCUT2D eigenvalue weighted by Crippen LogP contribution is 2.28. The average molecular weight is 360 g/mol. The maximum absolute atomic E-state index is 12.7. The minimum Gasteiger partial charge on any atom is -0.303 e. The van der Waals surface area contributed by atoms with Crippen LogP contribution in [0.15, 0.2) is 41.3 Å². The molecular formula is C16H11F3N6O. The third-order valence-electron chi connectivity index (χ3n) is 3.82. The van der Waals surface area contributed by atoms with Crippen molar-refractivity contribution in [3.63, 3.8) is 0 Å². The molecule has 26 heavy (non-hydrogen) atoms. The second kappa shape index (κ2) is 5.90. The molecule has 0 amide bonds. The van der Waals surface area contributed by atoms with Crippen molar-refractivity contribution in [2.45, 2.75) is 19.6 Å². The van der Waals surface area contributed by atoms with Gasteiger partial charge in [0.1, 0.15) is 16.9 Å². The van der Waals surface area contributed by atoms with Crippen molar-refractivity contribution in [2.75, 3.05) is 0 Å². The number of halogens is 3. The van der Waals surface area contributed by atoms with E-state index in [0.29, 0.717) is 33.9 Å². The molecule has 0 atom stereocenters. The van der Waals surface area contributed by atoms with Crippen LogP contribution >= 0.6 is 0 Å². The van der Waals surface area contributed by atoms with Gasteiger partial charge in [0.15, 0.2) is 17.2 Å². The van der Waals surface area contributed by atoms with E-state index in [-0.39, 0.29) is 6.54 Å². The van der Waals surface area contributed by atoms with E-state index in [1.54, 1.807) is 29.8 Å². The molecule has 0 aliphatic rings. The lowest BCUT2D eigenvalue weighted by Crippen LogP contribution is -2.09. The molecule has 0 aromatic carbocycles. The molecule has 0 saturated carbocycles. The van der Waals surface area contributed by atoms with Crippen molar-refractivity contribution >= 4 is 11.2 Å². The Bertz CT molecular complexity index is 1070. The summed E-state index contributed by atoms with van der Waals surface area (Å²) in [5.74, 6) is 0.470. The quantitative estimate of drug-likeness (QED) is 0.558. The fourth-order valence-corrected chi connectivity index (χ4v) is 2.59. The summed E-state index contributed by atoms with van der Waals surface area (Å²) in [5.41, 5.74) is 1.83. The largest absolute Gasteiger partial charge is 0.433 e. The number of aryl methyl sites for hydroxylation is 1. The van der Waals surface area contributed by atoms with Crippen LogP contribution in [0.2, 0.25) is 0 Å². The molecule has 0 fully saturated rings. The molecule has 4 rings (SSSR count). The van der Waals surface area contributed by atoms with Crippen molar-refractivity contribution in [3.8, 4) is 11.5 Å². The predicted octanol–water partition coefficient (Wildman–Crippen LogP) is 3.25. The number of aromatic nitrogens is 6. The molecular weight excluding hydrogens is 349 g/mol. The minimum absolute atomic E-state index is 0.223. The first kappa shape index (κ1) is 16.2. The van der Waals surface area contributed by atoms with Crippen LogP contribution in [0.1, 0.15) is 17.0 Å². The van der Waals surface area contributed by atoms with Crippen molar-refractivity contribution in [2.24, 2.45) is 0 Å². The first-order valence-electron chi connectivity index (χ1n) is 7.56. The van der Waals surface area contributed by atoms with Gasteiger partial charge < -0.3 is 4.57 Å². The van der Waals surface area contributed by atoms with Gasteiger partial charge >= 0.3 is 6.18 Å². The Morgan fingerprint density at radius 2 is 1.96 bits per heavy atom. The van der Waals surface area contributed by atoms with Gasteiger partial charge in [-0.2, -0.15) is 13.2 Å². The molecule has 4 aromatic heterocycles.